The van der Waals surface area contributed by atoms with Gasteiger partial charge < -0.3 is 9.80 Å². The third-order valence-electron chi connectivity index (χ3n) is 6.82. The van der Waals surface area contributed by atoms with Crippen molar-refractivity contribution >= 4 is 45.3 Å². The maximum absolute atomic E-state index is 13.0. The topological polar surface area (TPSA) is 87.1 Å². The molecule has 8 nitrogen and oxygen atoms in total. The number of benzene rings is 2. The second kappa shape index (κ2) is 7.06. The van der Waals surface area contributed by atoms with Crippen LogP contribution in [0, 0.1) is 5.41 Å². The second-order valence-corrected chi connectivity index (χ2v) is 9.33. The molecule has 0 atom stereocenters. The molecule has 2 aromatic heterocycles. The summed E-state index contributed by atoms with van der Waals surface area (Å²) < 4.78 is 1.65. The van der Waals surface area contributed by atoms with Gasteiger partial charge >= 0.3 is 6.03 Å². The van der Waals surface area contributed by atoms with E-state index in [4.69, 9.17) is 11.6 Å². The summed E-state index contributed by atoms with van der Waals surface area (Å²) in [5.41, 5.74) is 2.18. The molecule has 6 rings (SSSR count). The molecule has 4 aromatic rings. The molecule has 2 amide bonds. The Hall–Kier alpha value is -3.39. The number of piperidine rings is 1. The number of fused-ring (bicyclic) bond motifs is 2. The lowest BCUT2D eigenvalue weighted by Gasteiger charge is -2.53. The van der Waals surface area contributed by atoms with E-state index in [1.54, 1.807) is 16.7 Å². The maximum atomic E-state index is 13.0. The van der Waals surface area contributed by atoms with Gasteiger partial charge in [0.05, 0.1) is 0 Å². The quantitative estimate of drug-likeness (QED) is 0.480. The minimum Gasteiger partial charge on any atom is -0.337 e. The smallest absolute Gasteiger partial charge is 0.328 e. The van der Waals surface area contributed by atoms with Crippen molar-refractivity contribution in [2.45, 2.75) is 12.8 Å². The van der Waals surface area contributed by atoms with Gasteiger partial charge in [0.1, 0.15) is 11.0 Å². The Morgan fingerprint density at radius 3 is 2.47 bits per heavy atom. The van der Waals surface area contributed by atoms with Crippen LogP contribution in [0.3, 0.4) is 0 Å². The van der Waals surface area contributed by atoms with Crippen LogP contribution >= 0.6 is 11.6 Å². The molecule has 2 saturated heterocycles. The largest absolute Gasteiger partial charge is 0.337 e. The first-order chi connectivity index (χ1) is 15.5. The summed E-state index contributed by atoms with van der Waals surface area (Å²) >= 11 is 6.06. The van der Waals surface area contributed by atoms with Crippen LogP contribution in [0.2, 0.25) is 5.02 Å². The van der Waals surface area contributed by atoms with Crippen LogP contribution in [0.25, 0.3) is 21.8 Å². The lowest BCUT2D eigenvalue weighted by Crippen LogP contribution is -2.62. The number of carbonyl (C=O) groups is 2. The highest BCUT2D eigenvalue weighted by molar-refractivity contribution is 6.31. The molecule has 0 saturated carbocycles. The number of aromatic amines is 1. The fourth-order valence-electron chi connectivity index (χ4n) is 4.94. The van der Waals surface area contributed by atoms with Crippen LogP contribution in [0.1, 0.15) is 23.2 Å². The van der Waals surface area contributed by atoms with E-state index in [9.17, 15) is 9.59 Å². The number of carbonyl (C=O) groups excluding carboxylic acids is 2. The lowest BCUT2D eigenvalue weighted by molar-refractivity contribution is -0.0258. The second-order valence-electron chi connectivity index (χ2n) is 8.90. The predicted octanol–water partition coefficient (Wildman–Crippen LogP) is 3.77. The standard InChI is InChI=1S/C23H21ClN6O2/c24-18-3-1-16-11-29(12-17(16)9-18)22(32)28-7-5-23(6-8-28)13-30(14-23)21(31)15-2-4-19-20(10-15)26-27-25-19/h1-4,9-12H,5-8,13-14H2,(H,25,26,27). The minimum atomic E-state index is -0.0136. The molecule has 9 heteroatoms. The summed E-state index contributed by atoms with van der Waals surface area (Å²) in [5, 5.41) is 13.3. The Bertz CT molecular complexity index is 1360. The molecule has 2 aromatic carbocycles. The van der Waals surface area contributed by atoms with Crippen LogP contribution in [-0.4, -0.2) is 67.9 Å². The SMILES string of the molecule is O=C(c1ccc2n[nH]nc2c1)N1CC2(CCN(C(=O)n3cc4ccc(Cl)cc4c3)CC2)C1. The zero-order chi connectivity index (χ0) is 21.9. The van der Waals surface area contributed by atoms with Gasteiger partial charge in [0, 0.05) is 65.3 Å². The van der Waals surface area contributed by atoms with E-state index in [1.807, 2.05) is 46.5 Å². The highest BCUT2D eigenvalue weighted by Crippen LogP contribution is 2.41. The fourth-order valence-corrected chi connectivity index (χ4v) is 5.12. The van der Waals surface area contributed by atoms with Crippen molar-refractivity contribution < 1.29 is 9.59 Å². The molecule has 0 radical (unpaired) electrons. The van der Waals surface area contributed by atoms with Crippen LogP contribution in [0.5, 0.6) is 0 Å². The summed E-state index contributed by atoms with van der Waals surface area (Å²) in [7, 11) is 0. The van der Waals surface area contributed by atoms with Crippen molar-refractivity contribution in [2.75, 3.05) is 26.2 Å². The monoisotopic (exact) mass is 448 g/mol. The Morgan fingerprint density at radius 2 is 1.66 bits per heavy atom. The normalized spacial score (nSPS) is 17.8. The molecule has 1 spiro atoms. The number of hydrogen-bond donors (Lipinski definition) is 1. The van der Waals surface area contributed by atoms with Crippen molar-refractivity contribution in [3.05, 3.63) is 59.4 Å². The van der Waals surface area contributed by atoms with Crippen LogP contribution in [0.4, 0.5) is 4.79 Å². The van der Waals surface area contributed by atoms with Crippen LogP contribution < -0.4 is 0 Å². The van der Waals surface area contributed by atoms with Crippen LogP contribution in [-0.2, 0) is 0 Å². The summed E-state index contributed by atoms with van der Waals surface area (Å²) in [6, 6.07) is 11.0. The van der Waals surface area contributed by atoms with E-state index in [0.29, 0.717) is 29.2 Å². The number of rotatable bonds is 1. The molecule has 2 aliphatic heterocycles. The first-order valence-electron chi connectivity index (χ1n) is 10.7. The molecule has 0 bridgehead atoms. The zero-order valence-corrected chi connectivity index (χ0v) is 18.0. The lowest BCUT2D eigenvalue weighted by atomic mass is 9.72. The first-order valence-corrected chi connectivity index (χ1v) is 11.0. The van der Waals surface area contributed by atoms with Gasteiger partial charge in [0.25, 0.3) is 5.91 Å². The zero-order valence-electron chi connectivity index (χ0n) is 17.3. The number of nitrogens with zero attached hydrogens (tertiary/aromatic N) is 5. The van der Waals surface area contributed by atoms with Crippen molar-refractivity contribution in [1.82, 2.24) is 29.8 Å². The molecular formula is C23H21ClN6O2. The van der Waals surface area contributed by atoms with Crippen LogP contribution in [0.15, 0.2) is 48.8 Å². The predicted molar refractivity (Wildman–Crippen MR) is 121 cm³/mol. The Kier molecular flexibility index (Phi) is 4.26. The Balaban J connectivity index is 1.09. The Labute approximate surface area is 188 Å². The van der Waals surface area contributed by atoms with Gasteiger partial charge in [-0.25, -0.2) is 4.79 Å². The van der Waals surface area contributed by atoms with Gasteiger partial charge in [-0.15, -0.1) is 0 Å². The highest BCUT2D eigenvalue weighted by atomic mass is 35.5. The number of hydrogen-bond acceptors (Lipinski definition) is 4. The van der Waals surface area contributed by atoms with Crippen molar-refractivity contribution in [2.24, 2.45) is 5.41 Å². The van der Waals surface area contributed by atoms with Crippen molar-refractivity contribution in [3.8, 4) is 0 Å². The van der Waals surface area contributed by atoms with Crippen molar-refractivity contribution in [1.29, 1.82) is 0 Å². The van der Waals surface area contributed by atoms with E-state index in [0.717, 1.165) is 42.2 Å². The van der Waals surface area contributed by atoms with E-state index >= 15 is 0 Å². The number of likely N-dealkylation sites (tertiary alicyclic amines) is 2. The Morgan fingerprint density at radius 1 is 0.906 bits per heavy atom. The third-order valence-corrected chi connectivity index (χ3v) is 7.06. The fraction of sp³-hybridized carbons (Fsp3) is 0.304. The van der Waals surface area contributed by atoms with Gasteiger partial charge in [-0.05, 0) is 43.2 Å². The molecule has 2 fully saturated rings. The summed E-state index contributed by atoms with van der Waals surface area (Å²) in [5.74, 6) is 0.0247. The number of amides is 2. The first kappa shape index (κ1) is 19.3. The molecule has 0 unspecified atom stereocenters. The van der Waals surface area contributed by atoms with E-state index in [2.05, 4.69) is 15.4 Å². The van der Waals surface area contributed by atoms with E-state index < -0.39 is 0 Å². The summed E-state index contributed by atoms with van der Waals surface area (Å²) in [4.78, 5) is 29.7. The van der Waals surface area contributed by atoms with Gasteiger partial charge in [-0.2, -0.15) is 15.4 Å². The molecule has 0 aliphatic carbocycles. The summed E-state index contributed by atoms with van der Waals surface area (Å²) in [6.45, 7) is 2.86. The van der Waals surface area contributed by atoms with Gasteiger partial charge in [-0.3, -0.25) is 9.36 Å². The molecular weight excluding hydrogens is 428 g/mol. The number of halogens is 1. The molecule has 2 aliphatic rings. The number of H-pyrrole nitrogens is 1. The highest BCUT2D eigenvalue weighted by Gasteiger charge is 2.47. The minimum absolute atomic E-state index is 0.0136. The number of nitrogens with one attached hydrogen (secondary N) is 1. The van der Waals surface area contributed by atoms with E-state index in [1.165, 1.54) is 0 Å². The van der Waals surface area contributed by atoms with E-state index in [-0.39, 0.29) is 17.4 Å². The molecule has 4 heterocycles. The van der Waals surface area contributed by atoms with Gasteiger partial charge in [0.2, 0.25) is 0 Å². The molecule has 1 N–H and O–H groups in total. The van der Waals surface area contributed by atoms with Gasteiger partial charge in [0.15, 0.2) is 0 Å². The molecule has 32 heavy (non-hydrogen) atoms. The third kappa shape index (κ3) is 3.14. The summed E-state index contributed by atoms with van der Waals surface area (Å²) in [6.07, 6.45) is 5.49. The van der Waals surface area contributed by atoms with Crippen molar-refractivity contribution in [3.63, 3.8) is 0 Å². The average molecular weight is 449 g/mol. The average Bonchev–Trinajstić information content (AvgIpc) is 3.42. The maximum Gasteiger partial charge on any atom is 0.328 e. The molecule has 162 valence electrons. The van der Waals surface area contributed by atoms with Gasteiger partial charge in [-0.1, -0.05) is 17.7 Å². The number of aromatic nitrogens is 4.